The van der Waals surface area contributed by atoms with Gasteiger partial charge in [-0.15, -0.1) is 0 Å². The molecule has 23 heavy (non-hydrogen) atoms. The van der Waals surface area contributed by atoms with Crippen molar-refractivity contribution >= 4 is 35.2 Å². The van der Waals surface area contributed by atoms with E-state index < -0.39 is 5.91 Å². The second-order valence-electron chi connectivity index (χ2n) is 4.92. The fraction of sp³-hybridized carbons (Fsp3) is 0.111. The van der Waals surface area contributed by atoms with E-state index in [1.54, 1.807) is 18.2 Å². The van der Waals surface area contributed by atoms with Gasteiger partial charge in [0, 0.05) is 0 Å². The van der Waals surface area contributed by atoms with Gasteiger partial charge in [-0.2, -0.15) is 5.26 Å². The van der Waals surface area contributed by atoms with Crippen LogP contribution in [-0.2, 0) is 4.79 Å². The maximum atomic E-state index is 12.3. The van der Waals surface area contributed by atoms with Crippen molar-refractivity contribution in [3.05, 3.63) is 75.3 Å². The van der Waals surface area contributed by atoms with E-state index in [0.717, 1.165) is 5.56 Å². The fourth-order valence-corrected chi connectivity index (χ4v) is 2.40. The van der Waals surface area contributed by atoms with Gasteiger partial charge in [0.05, 0.1) is 16.1 Å². The van der Waals surface area contributed by atoms with E-state index >= 15 is 0 Å². The number of carbonyl (C=O) groups is 1. The molecule has 0 aliphatic rings. The number of rotatable bonds is 4. The Morgan fingerprint density at radius 2 is 1.87 bits per heavy atom. The molecule has 1 amide bonds. The molecule has 0 heterocycles. The summed E-state index contributed by atoms with van der Waals surface area (Å²) < 4.78 is 0. The quantitative estimate of drug-likeness (QED) is 0.641. The highest BCUT2D eigenvalue weighted by Gasteiger charge is 2.14. The number of hydrogen-bond donors (Lipinski definition) is 1. The lowest BCUT2D eigenvalue weighted by Crippen LogP contribution is -2.27. The van der Waals surface area contributed by atoms with Gasteiger partial charge in [-0.3, -0.25) is 4.79 Å². The number of hydrogen-bond acceptors (Lipinski definition) is 2. The van der Waals surface area contributed by atoms with Crippen LogP contribution >= 0.6 is 23.2 Å². The van der Waals surface area contributed by atoms with Crippen molar-refractivity contribution in [2.45, 2.75) is 13.0 Å². The van der Waals surface area contributed by atoms with Gasteiger partial charge in [0.15, 0.2) is 0 Å². The minimum Gasteiger partial charge on any atom is -0.345 e. The zero-order chi connectivity index (χ0) is 16.8. The lowest BCUT2D eigenvalue weighted by atomic mass is 10.1. The molecule has 116 valence electrons. The number of nitrogens with zero attached hydrogens (tertiary/aromatic N) is 1. The molecule has 0 aromatic heterocycles. The molecule has 2 aromatic rings. The molecule has 1 unspecified atom stereocenters. The molecule has 0 saturated heterocycles. The van der Waals surface area contributed by atoms with Gasteiger partial charge in [-0.05, 0) is 30.2 Å². The number of nitrogens with one attached hydrogen (secondary N) is 1. The number of nitriles is 1. The zero-order valence-electron chi connectivity index (χ0n) is 12.4. The first-order valence-corrected chi connectivity index (χ1v) is 7.70. The van der Waals surface area contributed by atoms with Crippen molar-refractivity contribution in [3.63, 3.8) is 0 Å². The van der Waals surface area contributed by atoms with Crippen LogP contribution in [0.5, 0.6) is 0 Å². The van der Waals surface area contributed by atoms with Gasteiger partial charge in [0.2, 0.25) is 0 Å². The Bertz CT molecular complexity index is 779. The average Bonchev–Trinajstić information content (AvgIpc) is 2.56. The third-order valence-electron chi connectivity index (χ3n) is 3.29. The van der Waals surface area contributed by atoms with E-state index in [-0.39, 0.29) is 11.6 Å². The molecule has 3 nitrogen and oxygen atoms in total. The maximum Gasteiger partial charge on any atom is 0.262 e. The second-order valence-corrected chi connectivity index (χ2v) is 5.70. The van der Waals surface area contributed by atoms with Gasteiger partial charge in [-0.25, -0.2) is 0 Å². The molecule has 1 N–H and O–H groups in total. The maximum absolute atomic E-state index is 12.3. The standard InChI is InChI=1S/C18H14Cl2N2O/c1-12(13-6-3-2-4-7-13)22-18(23)15(11-21)10-14-8-5-9-16(19)17(14)20/h2-10,12H,1H3,(H,22,23). The molecule has 0 bridgehead atoms. The van der Waals surface area contributed by atoms with E-state index in [9.17, 15) is 10.1 Å². The molecule has 0 spiro atoms. The van der Waals surface area contributed by atoms with E-state index in [1.807, 2.05) is 43.3 Å². The van der Waals surface area contributed by atoms with Crippen LogP contribution in [0.3, 0.4) is 0 Å². The predicted molar refractivity (Wildman–Crippen MR) is 93.1 cm³/mol. The largest absolute Gasteiger partial charge is 0.345 e. The Hall–Kier alpha value is -2.28. The molecule has 0 saturated carbocycles. The van der Waals surface area contributed by atoms with Crippen LogP contribution < -0.4 is 5.32 Å². The summed E-state index contributed by atoms with van der Waals surface area (Å²) in [6, 6.07) is 16.2. The minimum absolute atomic E-state index is 0.0306. The average molecular weight is 345 g/mol. The van der Waals surface area contributed by atoms with E-state index in [1.165, 1.54) is 6.08 Å². The third-order valence-corrected chi connectivity index (χ3v) is 4.13. The topological polar surface area (TPSA) is 52.9 Å². The molecule has 0 radical (unpaired) electrons. The molecule has 2 rings (SSSR count). The normalized spacial score (nSPS) is 12.3. The van der Waals surface area contributed by atoms with Gasteiger partial charge in [-0.1, -0.05) is 65.7 Å². The van der Waals surface area contributed by atoms with E-state index in [0.29, 0.717) is 15.6 Å². The second kappa shape index (κ2) is 7.82. The van der Waals surface area contributed by atoms with Crippen LogP contribution in [0.15, 0.2) is 54.1 Å². The Kier molecular flexibility index (Phi) is 5.81. The van der Waals surface area contributed by atoms with Crippen LogP contribution in [0.1, 0.15) is 24.1 Å². The van der Waals surface area contributed by atoms with Crippen LogP contribution in [0.25, 0.3) is 6.08 Å². The van der Waals surface area contributed by atoms with E-state index in [4.69, 9.17) is 23.2 Å². The molecular weight excluding hydrogens is 331 g/mol. The van der Waals surface area contributed by atoms with Crippen molar-refractivity contribution in [1.29, 1.82) is 5.26 Å². The van der Waals surface area contributed by atoms with Crippen LogP contribution in [0.4, 0.5) is 0 Å². The summed E-state index contributed by atoms with van der Waals surface area (Å²) in [6.07, 6.45) is 1.43. The summed E-state index contributed by atoms with van der Waals surface area (Å²) >= 11 is 12.0. The third kappa shape index (κ3) is 4.35. The number of halogens is 2. The molecule has 0 aliphatic carbocycles. The van der Waals surface area contributed by atoms with Crippen molar-refractivity contribution < 1.29 is 4.79 Å². The first kappa shape index (κ1) is 17.1. The van der Waals surface area contributed by atoms with Crippen molar-refractivity contribution in [2.24, 2.45) is 0 Å². The van der Waals surface area contributed by atoms with Gasteiger partial charge in [0.25, 0.3) is 5.91 Å². The van der Waals surface area contributed by atoms with Gasteiger partial charge < -0.3 is 5.32 Å². The summed E-state index contributed by atoms with van der Waals surface area (Å²) in [5, 5.41) is 12.7. The SMILES string of the molecule is CC(NC(=O)C(C#N)=Cc1cccc(Cl)c1Cl)c1ccccc1. The molecule has 1 atom stereocenters. The predicted octanol–water partition coefficient (Wildman–Crippen LogP) is 4.78. The summed E-state index contributed by atoms with van der Waals surface area (Å²) in [6.45, 7) is 1.86. The number of carbonyl (C=O) groups excluding carboxylic acids is 1. The smallest absolute Gasteiger partial charge is 0.262 e. The Balaban J connectivity index is 2.21. The molecular formula is C18H14Cl2N2O. The van der Waals surface area contributed by atoms with Crippen molar-refractivity contribution in [3.8, 4) is 6.07 Å². The first-order valence-electron chi connectivity index (χ1n) is 6.94. The first-order chi connectivity index (χ1) is 11.0. The van der Waals surface area contributed by atoms with Gasteiger partial charge >= 0.3 is 0 Å². The lowest BCUT2D eigenvalue weighted by Gasteiger charge is -2.13. The number of benzene rings is 2. The van der Waals surface area contributed by atoms with Crippen molar-refractivity contribution in [2.75, 3.05) is 0 Å². The molecule has 0 fully saturated rings. The molecule has 2 aromatic carbocycles. The van der Waals surface area contributed by atoms with Gasteiger partial charge in [0.1, 0.15) is 11.6 Å². The monoisotopic (exact) mass is 344 g/mol. The Morgan fingerprint density at radius 1 is 1.17 bits per heavy atom. The number of amides is 1. The van der Waals surface area contributed by atoms with Crippen LogP contribution in [0, 0.1) is 11.3 Å². The summed E-state index contributed by atoms with van der Waals surface area (Å²) in [7, 11) is 0. The summed E-state index contributed by atoms with van der Waals surface area (Å²) in [5.74, 6) is -0.458. The van der Waals surface area contributed by atoms with Crippen LogP contribution in [0.2, 0.25) is 10.0 Å². The highest BCUT2D eigenvalue weighted by Crippen LogP contribution is 2.27. The summed E-state index contributed by atoms with van der Waals surface area (Å²) in [5.41, 5.74) is 1.45. The highest BCUT2D eigenvalue weighted by molar-refractivity contribution is 6.43. The minimum atomic E-state index is -0.458. The highest BCUT2D eigenvalue weighted by atomic mass is 35.5. The Morgan fingerprint density at radius 3 is 2.52 bits per heavy atom. The summed E-state index contributed by atoms with van der Waals surface area (Å²) in [4.78, 5) is 12.3. The van der Waals surface area contributed by atoms with Crippen molar-refractivity contribution in [1.82, 2.24) is 5.32 Å². The van der Waals surface area contributed by atoms with E-state index in [2.05, 4.69) is 5.32 Å². The lowest BCUT2D eigenvalue weighted by molar-refractivity contribution is -0.117. The fourth-order valence-electron chi connectivity index (χ4n) is 2.04. The molecule has 0 aliphatic heterocycles. The Labute approximate surface area is 145 Å². The molecule has 5 heteroatoms. The zero-order valence-corrected chi connectivity index (χ0v) is 13.9. The van der Waals surface area contributed by atoms with Crippen LogP contribution in [-0.4, -0.2) is 5.91 Å².